The first-order valence-electron chi connectivity index (χ1n) is 8.56. The lowest BCUT2D eigenvalue weighted by molar-refractivity contribution is 0.0885. The Morgan fingerprint density at radius 2 is 2.12 bits per heavy atom. The van der Waals surface area contributed by atoms with Gasteiger partial charge in [0.05, 0.1) is 5.56 Å². The minimum atomic E-state index is -0.0347. The number of nitrogens with zero attached hydrogens (tertiary/aromatic N) is 1. The Labute approximate surface area is 144 Å². The van der Waals surface area contributed by atoms with Crippen LogP contribution in [0.15, 0.2) is 23.6 Å². The van der Waals surface area contributed by atoms with Crippen molar-refractivity contribution in [2.24, 2.45) is 0 Å². The standard InChI is InChI=1S/C18H19N3O2S/c22-17(20-15-8-11-2-3-14(15)19-11)10-1-4-16-12(7-10)13(9-24-16)18(23)21-5-6-21/h1,4,7,9,11,14-15,19H,2-3,5-6,8H2,(H,20,22)/t11-,14+,15-/m1/s1. The molecule has 6 heteroatoms. The van der Waals surface area contributed by atoms with Gasteiger partial charge in [0, 0.05) is 52.2 Å². The van der Waals surface area contributed by atoms with Crippen molar-refractivity contribution in [2.45, 2.75) is 37.4 Å². The van der Waals surface area contributed by atoms with Crippen molar-refractivity contribution in [3.63, 3.8) is 0 Å². The minimum Gasteiger partial charge on any atom is -0.348 e. The summed E-state index contributed by atoms with van der Waals surface area (Å²) in [5.74, 6) is 0.0451. The van der Waals surface area contributed by atoms with Gasteiger partial charge in [0.2, 0.25) is 0 Å². The molecule has 0 saturated carbocycles. The number of carbonyl (C=O) groups excluding carboxylic acids is 2. The van der Waals surface area contributed by atoms with Crippen LogP contribution in [0.5, 0.6) is 0 Å². The number of hydrogen-bond donors (Lipinski definition) is 2. The van der Waals surface area contributed by atoms with Crippen LogP contribution in [0.4, 0.5) is 0 Å². The third-order valence-corrected chi connectivity index (χ3v) is 6.38. The molecule has 3 aliphatic rings. The van der Waals surface area contributed by atoms with E-state index < -0.39 is 0 Å². The van der Waals surface area contributed by atoms with Crippen LogP contribution in [0.1, 0.15) is 40.0 Å². The molecule has 2 N–H and O–H groups in total. The van der Waals surface area contributed by atoms with Gasteiger partial charge >= 0.3 is 0 Å². The van der Waals surface area contributed by atoms with E-state index in [9.17, 15) is 9.59 Å². The summed E-state index contributed by atoms with van der Waals surface area (Å²) in [6.07, 6.45) is 3.39. The van der Waals surface area contributed by atoms with Crippen LogP contribution in [0, 0.1) is 0 Å². The highest BCUT2D eigenvalue weighted by Gasteiger charge is 2.39. The molecule has 5 nitrogen and oxygen atoms in total. The van der Waals surface area contributed by atoms with Gasteiger partial charge < -0.3 is 15.5 Å². The molecule has 3 atom stereocenters. The van der Waals surface area contributed by atoms with Crippen molar-refractivity contribution < 1.29 is 9.59 Å². The lowest BCUT2D eigenvalue weighted by atomic mass is 9.95. The third kappa shape index (κ3) is 2.32. The maximum absolute atomic E-state index is 12.6. The zero-order chi connectivity index (χ0) is 16.3. The number of thiophene rings is 1. The van der Waals surface area contributed by atoms with Crippen LogP contribution in [-0.4, -0.2) is 47.9 Å². The van der Waals surface area contributed by atoms with E-state index in [0.717, 1.165) is 41.6 Å². The van der Waals surface area contributed by atoms with E-state index >= 15 is 0 Å². The van der Waals surface area contributed by atoms with Crippen LogP contribution in [0.2, 0.25) is 0 Å². The molecule has 1 aromatic heterocycles. The summed E-state index contributed by atoms with van der Waals surface area (Å²) in [6, 6.07) is 6.90. The van der Waals surface area contributed by atoms with E-state index in [1.54, 1.807) is 11.3 Å². The summed E-state index contributed by atoms with van der Waals surface area (Å²) in [6.45, 7) is 1.68. The molecule has 0 spiro atoms. The molecule has 2 aromatic rings. The van der Waals surface area contributed by atoms with Gasteiger partial charge in [-0.3, -0.25) is 9.59 Å². The van der Waals surface area contributed by atoms with Crippen molar-refractivity contribution in [1.29, 1.82) is 0 Å². The summed E-state index contributed by atoms with van der Waals surface area (Å²) in [5, 5.41) is 9.52. The maximum atomic E-state index is 12.6. The second-order valence-electron chi connectivity index (χ2n) is 7.02. The van der Waals surface area contributed by atoms with Crippen molar-refractivity contribution >= 4 is 33.2 Å². The third-order valence-electron chi connectivity index (χ3n) is 5.42. The maximum Gasteiger partial charge on any atom is 0.255 e. The van der Waals surface area contributed by atoms with E-state index in [0.29, 0.717) is 17.6 Å². The molecule has 2 bridgehead atoms. The highest BCUT2D eigenvalue weighted by molar-refractivity contribution is 7.17. The predicted molar refractivity (Wildman–Crippen MR) is 93.5 cm³/mol. The van der Waals surface area contributed by atoms with Gasteiger partial charge in [0.1, 0.15) is 0 Å². The molecular weight excluding hydrogens is 322 g/mol. The molecule has 2 amide bonds. The van der Waals surface area contributed by atoms with Gasteiger partial charge in [-0.2, -0.15) is 0 Å². The number of amides is 2. The fourth-order valence-electron chi connectivity index (χ4n) is 3.99. The average molecular weight is 341 g/mol. The van der Waals surface area contributed by atoms with E-state index in [1.165, 1.54) is 6.42 Å². The van der Waals surface area contributed by atoms with Crippen molar-refractivity contribution in [1.82, 2.24) is 15.5 Å². The summed E-state index contributed by atoms with van der Waals surface area (Å²) in [4.78, 5) is 26.8. The van der Waals surface area contributed by atoms with Crippen molar-refractivity contribution in [2.75, 3.05) is 13.1 Å². The number of benzene rings is 1. The minimum absolute atomic E-state index is 0.0347. The Bertz CT molecular complexity index is 842. The SMILES string of the molecule is O=C(N[C@@H]1C[C@H]2CC[C@@H]1N2)c1ccc2scc(C(=O)N3CC3)c2c1. The number of carbonyl (C=O) groups is 2. The molecule has 5 rings (SSSR count). The zero-order valence-electron chi connectivity index (χ0n) is 13.2. The lowest BCUT2D eigenvalue weighted by Crippen LogP contribution is -2.42. The quantitative estimate of drug-likeness (QED) is 0.839. The Morgan fingerprint density at radius 1 is 1.25 bits per heavy atom. The van der Waals surface area contributed by atoms with Gasteiger partial charge in [0.15, 0.2) is 0 Å². The first-order chi connectivity index (χ1) is 11.7. The van der Waals surface area contributed by atoms with Gasteiger partial charge in [0.25, 0.3) is 11.8 Å². The molecule has 24 heavy (non-hydrogen) atoms. The molecule has 0 radical (unpaired) electrons. The summed E-state index contributed by atoms with van der Waals surface area (Å²) >= 11 is 1.56. The number of fused-ring (bicyclic) bond motifs is 3. The van der Waals surface area contributed by atoms with Gasteiger partial charge in [-0.1, -0.05) is 0 Å². The first-order valence-corrected chi connectivity index (χ1v) is 9.44. The van der Waals surface area contributed by atoms with Gasteiger partial charge in [-0.25, -0.2) is 0 Å². The molecule has 3 fully saturated rings. The second-order valence-corrected chi connectivity index (χ2v) is 7.93. The first kappa shape index (κ1) is 14.4. The fourth-order valence-corrected chi connectivity index (χ4v) is 4.91. The number of hydrogen-bond acceptors (Lipinski definition) is 4. The van der Waals surface area contributed by atoms with Crippen LogP contribution in [0.3, 0.4) is 0 Å². The summed E-state index contributed by atoms with van der Waals surface area (Å²) in [7, 11) is 0. The monoisotopic (exact) mass is 341 g/mol. The molecule has 124 valence electrons. The van der Waals surface area contributed by atoms with Crippen LogP contribution in [-0.2, 0) is 0 Å². The van der Waals surface area contributed by atoms with E-state index in [-0.39, 0.29) is 17.9 Å². The molecule has 0 aliphatic carbocycles. The topological polar surface area (TPSA) is 61.2 Å². The smallest absolute Gasteiger partial charge is 0.255 e. The molecule has 3 saturated heterocycles. The van der Waals surface area contributed by atoms with Crippen LogP contribution >= 0.6 is 11.3 Å². The molecule has 4 heterocycles. The average Bonchev–Trinajstić information content (AvgIpc) is 3.03. The van der Waals surface area contributed by atoms with Crippen LogP contribution < -0.4 is 10.6 Å². The molecule has 3 aliphatic heterocycles. The highest BCUT2D eigenvalue weighted by Crippen LogP contribution is 2.30. The Hall–Kier alpha value is -1.92. The normalized spacial score (nSPS) is 27.7. The van der Waals surface area contributed by atoms with Crippen molar-refractivity contribution in [3.8, 4) is 0 Å². The number of rotatable bonds is 3. The van der Waals surface area contributed by atoms with Crippen molar-refractivity contribution in [3.05, 3.63) is 34.7 Å². The van der Waals surface area contributed by atoms with E-state index in [1.807, 2.05) is 28.5 Å². The highest BCUT2D eigenvalue weighted by atomic mass is 32.1. The van der Waals surface area contributed by atoms with Gasteiger partial charge in [-0.05, 0) is 37.5 Å². The Kier molecular flexibility index (Phi) is 3.18. The molecular formula is C18H19N3O2S. The zero-order valence-corrected chi connectivity index (χ0v) is 14.1. The van der Waals surface area contributed by atoms with Crippen LogP contribution in [0.25, 0.3) is 10.1 Å². The fraction of sp³-hybridized carbons (Fsp3) is 0.444. The largest absolute Gasteiger partial charge is 0.348 e. The molecule has 1 aromatic carbocycles. The molecule has 0 unspecified atom stereocenters. The Morgan fingerprint density at radius 3 is 2.83 bits per heavy atom. The van der Waals surface area contributed by atoms with Gasteiger partial charge in [-0.15, -0.1) is 11.3 Å². The number of nitrogens with one attached hydrogen (secondary N) is 2. The second kappa shape index (κ2) is 5.29. The lowest BCUT2D eigenvalue weighted by Gasteiger charge is -2.21. The summed E-state index contributed by atoms with van der Waals surface area (Å²) in [5.41, 5.74) is 1.37. The Balaban J connectivity index is 1.40. The van der Waals surface area contributed by atoms with E-state index in [2.05, 4.69) is 10.6 Å². The predicted octanol–water partition coefficient (Wildman–Crippen LogP) is 1.98. The van der Waals surface area contributed by atoms with E-state index in [4.69, 9.17) is 0 Å². The summed E-state index contributed by atoms with van der Waals surface area (Å²) < 4.78 is 1.05.